The molecule has 0 fully saturated rings. The number of para-hydroxylation sites is 1. The molecule has 2 aromatic heterocycles. The van der Waals surface area contributed by atoms with E-state index in [4.69, 9.17) is 9.72 Å². The normalized spacial score (nSPS) is 12.9. The fourth-order valence-corrected chi connectivity index (χ4v) is 6.07. The largest absolute Gasteiger partial charge is 0.494 e. The molecule has 10 heteroatoms. The third kappa shape index (κ3) is 4.86. The van der Waals surface area contributed by atoms with Gasteiger partial charge >= 0.3 is 0 Å². The fraction of sp³-hybridized carbons (Fsp3) is 0.321. The predicted octanol–water partition coefficient (Wildman–Crippen LogP) is 5.31. The maximum Gasteiger partial charge on any atom is 0.229 e. The van der Waals surface area contributed by atoms with Gasteiger partial charge in [0.2, 0.25) is 5.95 Å². The summed E-state index contributed by atoms with van der Waals surface area (Å²) in [5.41, 5.74) is 6.96. The highest BCUT2D eigenvalue weighted by Crippen LogP contribution is 2.43. The van der Waals surface area contributed by atoms with Crippen molar-refractivity contribution in [2.75, 3.05) is 49.1 Å². The highest BCUT2D eigenvalue weighted by Gasteiger charge is 2.24. The molecule has 0 saturated heterocycles. The molecule has 3 heterocycles. The average Bonchev–Trinajstić information content (AvgIpc) is 3.18. The molecule has 0 saturated carbocycles. The summed E-state index contributed by atoms with van der Waals surface area (Å²) >= 11 is 0. The Labute approximate surface area is 223 Å². The monoisotopic (exact) mass is 531 g/mol. The zero-order chi connectivity index (χ0) is 27.0. The molecule has 0 unspecified atom stereocenters. The maximum atomic E-state index is 12.9. The second-order valence-corrected chi connectivity index (χ2v) is 13.1. The van der Waals surface area contributed by atoms with Gasteiger partial charge in [-0.05, 0) is 45.4 Å². The van der Waals surface area contributed by atoms with E-state index < -0.39 is 7.14 Å². The van der Waals surface area contributed by atoms with Crippen molar-refractivity contribution in [3.8, 4) is 16.9 Å². The van der Waals surface area contributed by atoms with Crippen molar-refractivity contribution in [3.05, 3.63) is 60.0 Å². The quantitative estimate of drug-likeness (QED) is 0.310. The van der Waals surface area contributed by atoms with E-state index in [9.17, 15) is 4.57 Å². The van der Waals surface area contributed by atoms with Crippen LogP contribution in [0.1, 0.15) is 18.2 Å². The van der Waals surface area contributed by atoms with Crippen LogP contribution in [0.4, 0.5) is 28.8 Å². The smallest absolute Gasteiger partial charge is 0.229 e. The number of ether oxygens (including phenoxy) is 1. The number of nitrogens with zero attached hydrogens (tertiary/aromatic N) is 5. The lowest BCUT2D eigenvalue weighted by Gasteiger charge is -2.25. The summed E-state index contributed by atoms with van der Waals surface area (Å²) in [7, 11) is 1.18. The number of aryl methyl sites for hydroxylation is 2. The molecule has 2 aromatic carbocycles. The maximum absolute atomic E-state index is 12.9. The van der Waals surface area contributed by atoms with E-state index in [2.05, 4.69) is 44.7 Å². The van der Waals surface area contributed by atoms with Crippen LogP contribution in [0.2, 0.25) is 0 Å². The molecule has 198 valence electrons. The Hall–Kier alpha value is -3.84. The van der Waals surface area contributed by atoms with Gasteiger partial charge in [-0.2, -0.15) is 10.1 Å². The van der Waals surface area contributed by atoms with Gasteiger partial charge in [0, 0.05) is 72.2 Å². The van der Waals surface area contributed by atoms with Crippen LogP contribution in [0.5, 0.6) is 5.75 Å². The topological polar surface area (TPSA) is 97.2 Å². The minimum Gasteiger partial charge on any atom is -0.494 e. The molecule has 38 heavy (non-hydrogen) atoms. The zero-order valence-electron chi connectivity index (χ0n) is 22.7. The van der Waals surface area contributed by atoms with Crippen molar-refractivity contribution in [2.45, 2.75) is 20.3 Å². The number of benzene rings is 2. The number of anilines is 5. The second-order valence-electron chi connectivity index (χ2n) is 9.87. The van der Waals surface area contributed by atoms with E-state index in [1.54, 1.807) is 26.6 Å². The first kappa shape index (κ1) is 25.8. The molecule has 0 radical (unpaired) electrons. The van der Waals surface area contributed by atoms with Crippen LogP contribution in [0.15, 0.2) is 48.8 Å². The van der Waals surface area contributed by atoms with Crippen LogP contribution >= 0.6 is 7.14 Å². The molecule has 5 rings (SSSR count). The third-order valence-corrected chi connectivity index (χ3v) is 8.52. The van der Waals surface area contributed by atoms with Gasteiger partial charge in [0.15, 0.2) is 0 Å². The van der Waals surface area contributed by atoms with E-state index >= 15 is 0 Å². The molecule has 0 spiro atoms. The molecule has 1 aliphatic heterocycles. The van der Waals surface area contributed by atoms with E-state index in [1.165, 1.54) is 5.69 Å². The van der Waals surface area contributed by atoms with Crippen molar-refractivity contribution in [2.24, 2.45) is 7.05 Å². The van der Waals surface area contributed by atoms with E-state index in [-0.39, 0.29) is 0 Å². The first-order chi connectivity index (χ1) is 18.2. The molecular formula is C28H34N7O2P. The summed E-state index contributed by atoms with van der Waals surface area (Å²) in [5.74, 6) is 1.78. The Morgan fingerprint density at radius 1 is 1.08 bits per heavy atom. The van der Waals surface area contributed by atoms with Gasteiger partial charge in [0.25, 0.3) is 0 Å². The van der Waals surface area contributed by atoms with Gasteiger partial charge in [0.1, 0.15) is 18.7 Å². The number of hydrogen-bond acceptors (Lipinski definition) is 8. The Bertz CT molecular complexity index is 1540. The fourth-order valence-electron chi connectivity index (χ4n) is 4.91. The molecular weight excluding hydrogens is 497 g/mol. The van der Waals surface area contributed by atoms with Gasteiger partial charge in [-0.1, -0.05) is 12.1 Å². The molecule has 0 aliphatic carbocycles. The summed E-state index contributed by atoms with van der Waals surface area (Å²) in [6.07, 6.45) is 4.62. The number of aromatic nitrogens is 4. The average molecular weight is 532 g/mol. The van der Waals surface area contributed by atoms with Gasteiger partial charge < -0.3 is 24.8 Å². The number of hydrogen-bond donors (Lipinski definition) is 2. The van der Waals surface area contributed by atoms with Crippen molar-refractivity contribution in [1.29, 1.82) is 0 Å². The van der Waals surface area contributed by atoms with Crippen molar-refractivity contribution in [1.82, 2.24) is 19.7 Å². The molecule has 4 aromatic rings. The molecule has 1 aliphatic rings. The lowest BCUT2D eigenvalue weighted by molar-refractivity contribution is 0.417. The van der Waals surface area contributed by atoms with Crippen molar-refractivity contribution >= 4 is 41.3 Å². The third-order valence-electron chi connectivity index (χ3n) is 6.97. The van der Waals surface area contributed by atoms with Crippen LogP contribution in [-0.2, 0) is 18.0 Å². The Morgan fingerprint density at radius 2 is 1.87 bits per heavy atom. The summed E-state index contributed by atoms with van der Waals surface area (Å²) in [6.45, 7) is 9.45. The van der Waals surface area contributed by atoms with Crippen LogP contribution in [0, 0.1) is 6.92 Å². The predicted molar refractivity (Wildman–Crippen MR) is 156 cm³/mol. The highest BCUT2D eigenvalue weighted by atomic mass is 31.2. The first-order valence-electron chi connectivity index (χ1n) is 12.7. The minimum atomic E-state index is -2.48. The number of nitrogens with one attached hydrogen (secondary N) is 2. The minimum absolute atomic E-state index is 0.428. The van der Waals surface area contributed by atoms with Crippen LogP contribution in [-0.4, -0.2) is 53.3 Å². The lowest BCUT2D eigenvalue weighted by Crippen LogP contribution is -2.25. The lowest BCUT2D eigenvalue weighted by atomic mass is 10.0. The van der Waals surface area contributed by atoms with E-state index in [0.29, 0.717) is 17.5 Å². The van der Waals surface area contributed by atoms with Gasteiger partial charge in [-0.25, -0.2) is 4.98 Å². The van der Waals surface area contributed by atoms with E-state index in [1.807, 2.05) is 49.1 Å². The Kier molecular flexibility index (Phi) is 6.88. The SMILES string of the molecule is CCN1CCc2c(cnn2C)-c2cc(Nc3ncc(C)c(Nc4ccccc4P(C)(C)=O)n3)c(OC)cc21. The summed E-state index contributed by atoms with van der Waals surface area (Å²) < 4.78 is 20.6. The zero-order valence-corrected chi connectivity index (χ0v) is 23.6. The number of rotatable bonds is 7. The Balaban J connectivity index is 1.54. The van der Waals surface area contributed by atoms with Gasteiger partial charge in [0.05, 0.1) is 24.7 Å². The summed E-state index contributed by atoms with van der Waals surface area (Å²) in [4.78, 5) is 11.7. The van der Waals surface area contributed by atoms with Crippen LogP contribution < -0.4 is 25.6 Å². The van der Waals surface area contributed by atoms with Gasteiger partial charge in [-0.3, -0.25) is 4.68 Å². The van der Waals surface area contributed by atoms with Crippen LogP contribution in [0.25, 0.3) is 11.1 Å². The second kappa shape index (κ2) is 10.1. The highest BCUT2D eigenvalue weighted by molar-refractivity contribution is 7.70. The first-order valence-corrected chi connectivity index (χ1v) is 15.3. The number of fused-ring (bicyclic) bond motifs is 3. The Morgan fingerprint density at radius 3 is 2.61 bits per heavy atom. The van der Waals surface area contributed by atoms with E-state index in [0.717, 1.165) is 58.6 Å². The van der Waals surface area contributed by atoms with Crippen LogP contribution in [0.3, 0.4) is 0 Å². The summed E-state index contributed by atoms with van der Waals surface area (Å²) in [5, 5.41) is 12.1. The standard InChI is InChI=1S/C28H34N7O2P/c1-7-35-13-12-23-20(17-30-34(23)3)19-14-22(25(37-4)15-24(19)35)32-28-29-16-18(2)27(33-28)31-21-10-8-9-11-26(21)38(5,6)36/h8-11,14-17H,7,12-13H2,1-6H3,(H2,29,31,32,33). The molecule has 9 nitrogen and oxygen atoms in total. The number of likely N-dealkylation sites (N-methyl/N-ethyl adjacent to an activating group) is 1. The molecule has 0 amide bonds. The molecule has 0 bridgehead atoms. The molecule has 0 atom stereocenters. The summed E-state index contributed by atoms with van der Waals surface area (Å²) in [6, 6.07) is 11.8. The van der Waals surface area contributed by atoms with Crippen molar-refractivity contribution in [3.63, 3.8) is 0 Å². The van der Waals surface area contributed by atoms with Gasteiger partial charge in [-0.15, -0.1) is 0 Å². The van der Waals surface area contributed by atoms with Crippen molar-refractivity contribution < 1.29 is 9.30 Å². The number of methoxy groups -OCH3 is 1. The molecule has 2 N–H and O–H groups in total.